The highest BCUT2D eigenvalue weighted by molar-refractivity contribution is 5.88. The van der Waals surface area contributed by atoms with E-state index in [-0.39, 0.29) is 0 Å². The van der Waals surface area contributed by atoms with Crippen LogP contribution in [0, 0.1) is 11.8 Å². The largest absolute Gasteiger partial charge is 0.494 e. The second kappa shape index (κ2) is 6.84. The fraction of sp³-hybridized carbons (Fsp3) is 0.478. The topological polar surface area (TPSA) is 12.5 Å². The van der Waals surface area contributed by atoms with Gasteiger partial charge in [-0.2, -0.15) is 0 Å². The van der Waals surface area contributed by atoms with E-state index in [0.717, 1.165) is 24.1 Å². The predicted octanol–water partition coefficient (Wildman–Crippen LogP) is 5.37. The lowest BCUT2D eigenvalue weighted by Crippen LogP contribution is -2.31. The van der Waals surface area contributed by atoms with Crippen molar-refractivity contribution >= 4 is 16.3 Å². The van der Waals surface area contributed by atoms with Crippen molar-refractivity contribution in [2.75, 3.05) is 27.2 Å². The molecule has 0 heterocycles. The van der Waals surface area contributed by atoms with Gasteiger partial charge in [0.25, 0.3) is 0 Å². The van der Waals surface area contributed by atoms with Gasteiger partial charge in [-0.05, 0) is 104 Å². The van der Waals surface area contributed by atoms with Gasteiger partial charge in [0.1, 0.15) is 5.75 Å². The first-order valence-corrected chi connectivity index (χ1v) is 9.70. The smallest absolute Gasteiger partial charge is 0.119 e. The summed E-state index contributed by atoms with van der Waals surface area (Å²) in [6.45, 7) is 3.86. The van der Waals surface area contributed by atoms with E-state index in [2.05, 4.69) is 55.4 Å². The molecule has 3 aliphatic rings. The van der Waals surface area contributed by atoms with E-state index in [1.54, 1.807) is 11.1 Å². The molecule has 0 spiro atoms. The number of ether oxygens (including phenoxy) is 1. The van der Waals surface area contributed by atoms with Crippen LogP contribution >= 0.6 is 0 Å². The minimum absolute atomic E-state index is 0.716. The van der Waals surface area contributed by atoms with Gasteiger partial charge in [0.05, 0.1) is 6.61 Å². The minimum atomic E-state index is 0.716. The van der Waals surface area contributed by atoms with Crippen molar-refractivity contribution in [1.29, 1.82) is 0 Å². The molecule has 5 rings (SSSR count). The van der Waals surface area contributed by atoms with Crippen molar-refractivity contribution in [3.8, 4) is 5.75 Å². The molecule has 0 amide bonds. The zero-order chi connectivity index (χ0) is 17.4. The molecular formula is C23H29NO. The summed E-state index contributed by atoms with van der Waals surface area (Å²) in [7, 11) is 4.39. The summed E-state index contributed by atoms with van der Waals surface area (Å²) in [5.74, 6) is 2.53. The summed E-state index contributed by atoms with van der Waals surface area (Å²) in [6.07, 6.45) is 5.53. The van der Waals surface area contributed by atoms with Crippen LogP contribution < -0.4 is 4.74 Å². The third kappa shape index (κ3) is 3.20. The van der Waals surface area contributed by atoms with Crippen LogP contribution in [0.5, 0.6) is 5.75 Å². The number of rotatable bonds is 5. The molecular weight excluding hydrogens is 306 g/mol. The lowest BCUT2D eigenvalue weighted by atomic mass is 9.65. The van der Waals surface area contributed by atoms with Crippen LogP contribution in [0.1, 0.15) is 38.2 Å². The Labute approximate surface area is 151 Å². The molecule has 0 unspecified atom stereocenters. The maximum absolute atomic E-state index is 5.65. The zero-order valence-corrected chi connectivity index (χ0v) is 15.7. The minimum Gasteiger partial charge on any atom is -0.494 e. The number of nitrogens with zero attached hydrogens (tertiary/aromatic N) is 1. The fourth-order valence-electron chi connectivity index (χ4n) is 4.84. The molecule has 0 aliphatic heterocycles. The van der Waals surface area contributed by atoms with Crippen LogP contribution in [0.4, 0.5) is 0 Å². The Kier molecular flexibility index (Phi) is 4.56. The number of allylic oxidation sites excluding steroid dienone is 1. The van der Waals surface area contributed by atoms with E-state index in [0.29, 0.717) is 6.61 Å². The van der Waals surface area contributed by atoms with E-state index in [1.807, 2.05) is 6.92 Å². The lowest BCUT2D eigenvalue weighted by Gasteiger charge is -2.41. The highest BCUT2D eigenvalue weighted by atomic mass is 16.5. The Balaban J connectivity index is 1.77. The molecule has 0 saturated heterocycles. The van der Waals surface area contributed by atoms with Crippen molar-refractivity contribution < 1.29 is 4.74 Å². The molecule has 2 aromatic carbocycles. The summed E-state index contributed by atoms with van der Waals surface area (Å²) in [5, 5.41) is 2.59. The summed E-state index contributed by atoms with van der Waals surface area (Å²) >= 11 is 0. The molecule has 3 aliphatic carbocycles. The zero-order valence-electron chi connectivity index (χ0n) is 15.7. The molecule has 0 aromatic heterocycles. The Bertz CT molecular complexity index is 797. The Morgan fingerprint density at radius 3 is 2.32 bits per heavy atom. The van der Waals surface area contributed by atoms with Crippen molar-refractivity contribution in [3.05, 3.63) is 47.5 Å². The second-order valence-corrected chi connectivity index (χ2v) is 7.88. The Morgan fingerprint density at radius 2 is 1.60 bits per heavy atom. The van der Waals surface area contributed by atoms with Crippen LogP contribution in [-0.4, -0.2) is 32.1 Å². The van der Waals surface area contributed by atoms with Gasteiger partial charge in [-0.25, -0.2) is 0 Å². The third-order valence-electron chi connectivity index (χ3n) is 5.89. The Hall–Kier alpha value is -1.80. The second-order valence-electron chi connectivity index (χ2n) is 7.88. The van der Waals surface area contributed by atoms with E-state index in [4.69, 9.17) is 4.74 Å². The van der Waals surface area contributed by atoms with Gasteiger partial charge in [-0.15, -0.1) is 0 Å². The Morgan fingerprint density at radius 1 is 0.920 bits per heavy atom. The van der Waals surface area contributed by atoms with Gasteiger partial charge >= 0.3 is 0 Å². The molecule has 132 valence electrons. The maximum atomic E-state index is 5.65. The fourth-order valence-corrected chi connectivity index (χ4v) is 4.84. The molecule has 2 nitrogen and oxygen atoms in total. The molecule has 0 radical (unpaired) electrons. The molecule has 1 saturated carbocycles. The van der Waals surface area contributed by atoms with Crippen molar-refractivity contribution in [1.82, 2.24) is 4.90 Å². The first-order chi connectivity index (χ1) is 12.2. The van der Waals surface area contributed by atoms with Crippen LogP contribution in [0.3, 0.4) is 0 Å². The standard InChI is InChI=1S/C23H29NO/c1-4-25-21-12-11-18-13-20(10-9-19(18)14-21)23-17-7-5-16(6-8-17)22(23)15-24(2)3/h9-14,16-17H,4-8,15H2,1-3H3. The number of fused-ring (bicyclic) bond motifs is 3. The summed E-state index contributed by atoms with van der Waals surface area (Å²) in [5.41, 5.74) is 4.81. The molecule has 0 atom stereocenters. The van der Waals surface area contributed by atoms with E-state index in [9.17, 15) is 0 Å². The molecule has 0 N–H and O–H groups in total. The lowest BCUT2D eigenvalue weighted by molar-refractivity contribution is 0.299. The average Bonchev–Trinajstić information content (AvgIpc) is 2.62. The molecule has 2 bridgehead atoms. The van der Waals surface area contributed by atoms with Crippen LogP contribution in [0.2, 0.25) is 0 Å². The number of hydrogen-bond donors (Lipinski definition) is 0. The third-order valence-corrected chi connectivity index (χ3v) is 5.89. The number of benzene rings is 2. The van der Waals surface area contributed by atoms with Gasteiger partial charge in [0.15, 0.2) is 0 Å². The number of likely N-dealkylation sites (N-methyl/N-ethyl adjacent to an activating group) is 1. The normalized spacial score (nSPS) is 22.9. The summed E-state index contributed by atoms with van der Waals surface area (Å²) in [4.78, 5) is 2.34. The van der Waals surface area contributed by atoms with Gasteiger partial charge in [-0.3, -0.25) is 0 Å². The first-order valence-electron chi connectivity index (χ1n) is 9.70. The van der Waals surface area contributed by atoms with Gasteiger partial charge < -0.3 is 9.64 Å². The van der Waals surface area contributed by atoms with Gasteiger partial charge in [0, 0.05) is 6.54 Å². The summed E-state index contributed by atoms with van der Waals surface area (Å²) in [6, 6.07) is 13.5. The highest BCUT2D eigenvalue weighted by Crippen LogP contribution is 2.49. The molecule has 2 heteroatoms. The van der Waals surface area contributed by atoms with Crippen LogP contribution in [0.15, 0.2) is 42.0 Å². The van der Waals surface area contributed by atoms with Gasteiger partial charge in [0.2, 0.25) is 0 Å². The van der Waals surface area contributed by atoms with E-state index in [1.165, 1.54) is 42.0 Å². The monoisotopic (exact) mass is 335 g/mol. The van der Waals surface area contributed by atoms with E-state index >= 15 is 0 Å². The van der Waals surface area contributed by atoms with Crippen molar-refractivity contribution in [3.63, 3.8) is 0 Å². The summed E-state index contributed by atoms with van der Waals surface area (Å²) < 4.78 is 5.65. The maximum Gasteiger partial charge on any atom is 0.119 e. The van der Waals surface area contributed by atoms with Crippen molar-refractivity contribution in [2.45, 2.75) is 32.6 Å². The highest BCUT2D eigenvalue weighted by Gasteiger charge is 2.35. The average molecular weight is 335 g/mol. The SMILES string of the molecule is CCOc1ccc2cc(C3=C(CN(C)C)C4CCC3CC4)ccc2c1. The van der Waals surface area contributed by atoms with Crippen molar-refractivity contribution in [2.24, 2.45) is 11.8 Å². The van der Waals surface area contributed by atoms with E-state index < -0.39 is 0 Å². The molecule has 25 heavy (non-hydrogen) atoms. The first kappa shape index (κ1) is 16.7. The quantitative estimate of drug-likeness (QED) is 0.728. The molecule has 2 aromatic rings. The van der Waals surface area contributed by atoms with Crippen LogP contribution in [0.25, 0.3) is 16.3 Å². The molecule has 1 fully saturated rings. The number of hydrogen-bond acceptors (Lipinski definition) is 2. The van der Waals surface area contributed by atoms with Crippen LogP contribution in [-0.2, 0) is 0 Å². The predicted molar refractivity (Wildman–Crippen MR) is 106 cm³/mol. The van der Waals surface area contributed by atoms with Gasteiger partial charge in [-0.1, -0.05) is 18.2 Å².